The van der Waals surface area contributed by atoms with Gasteiger partial charge in [-0.3, -0.25) is 4.79 Å². The van der Waals surface area contributed by atoms with Crippen molar-refractivity contribution in [2.24, 2.45) is 13.0 Å². The van der Waals surface area contributed by atoms with Crippen LogP contribution in [0.15, 0.2) is 23.0 Å². The Morgan fingerprint density at radius 2 is 2.14 bits per heavy atom. The van der Waals surface area contributed by atoms with Crippen LogP contribution in [0.4, 0.5) is 11.4 Å². The molecule has 5 heteroatoms. The molecule has 3 N–H and O–H groups in total. The number of aryl methyl sites for hydroxylation is 1. The lowest BCUT2D eigenvalue weighted by molar-refractivity contribution is 0.303. The second-order valence-corrected chi connectivity index (χ2v) is 6.07. The number of benzene rings is 1. The van der Waals surface area contributed by atoms with Crippen molar-refractivity contribution in [3.8, 4) is 5.75 Å². The largest absolute Gasteiger partial charge is 0.486 e. The molecule has 1 atom stereocenters. The predicted octanol–water partition coefficient (Wildman–Crippen LogP) is 2.09. The number of hydrogen-bond donors (Lipinski definition) is 2. The first kappa shape index (κ1) is 12.6. The minimum Gasteiger partial charge on any atom is -0.486 e. The summed E-state index contributed by atoms with van der Waals surface area (Å²) in [5.41, 5.74) is 8.23. The molecular formula is C16H19N3O2. The molecule has 0 unspecified atom stereocenters. The fourth-order valence-electron chi connectivity index (χ4n) is 3.21. The van der Waals surface area contributed by atoms with Crippen LogP contribution in [-0.2, 0) is 7.05 Å². The third-order valence-corrected chi connectivity index (χ3v) is 4.57. The van der Waals surface area contributed by atoms with Gasteiger partial charge in [0.05, 0.1) is 17.8 Å². The van der Waals surface area contributed by atoms with Crippen molar-refractivity contribution in [2.45, 2.75) is 25.3 Å². The number of aromatic nitrogens is 1. The molecule has 1 aliphatic carbocycles. The van der Waals surface area contributed by atoms with Gasteiger partial charge in [0.25, 0.3) is 5.56 Å². The van der Waals surface area contributed by atoms with Gasteiger partial charge in [-0.15, -0.1) is 0 Å². The third kappa shape index (κ3) is 1.95. The lowest BCUT2D eigenvalue weighted by Gasteiger charge is -2.18. The third-order valence-electron chi connectivity index (χ3n) is 4.57. The zero-order chi connectivity index (χ0) is 14.6. The van der Waals surface area contributed by atoms with Crippen molar-refractivity contribution >= 4 is 22.3 Å². The van der Waals surface area contributed by atoms with E-state index in [1.54, 1.807) is 11.6 Å². The lowest BCUT2D eigenvalue weighted by atomic mass is 10.1. The van der Waals surface area contributed by atoms with E-state index >= 15 is 0 Å². The first-order chi connectivity index (χ1) is 10.1. The molecule has 0 bridgehead atoms. The minimum absolute atomic E-state index is 0.0915. The van der Waals surface area contributed by atoms with E-state index in [0.29, 0.717) is 30.0 Å². The highest BCUT2D eigenvalue weighted by molar-refractivity contribution is 5.96. The first-order valence-corrected chi connectivity index (χ1v) is 7.46. The Labute approximate surface area is 122 Å². The summed E-state index contributed by atoms with van der Waals surface area (Å²) in [6, 6.07) is 6.02. The molecule has 1 aromatic carbocycles. The molecule has 2 heterocycles. The number of nitrogens with one attached hydrogen (secondary N) is 1. The van der Waals surface area contributed by atoms with Gasteiger partial charge >= 0.3 is 0 Å². The van der Waals surface area contributed by atoms with E-state index in [4.69, 9.17) is 10.5 Å². The summed E-state index contributed by atoms with van der Waals surface area (Å²) >= 11 is 0. The van der Waals surface area contributed by atoms with Crippen LogP contribution in [0.5, 0.6) is 5.75 Å². The number of nitrogen functional groups attached to an aromatic ring is 1. The fraction of sp³-hybridized carbons (Fsp3) is 0.438. The maximum atomic E-state index is 12.5. The fourth-order valence-corrected chi connectivity index (χ4v) is 3.21. The smallest absolute Gasteiger partial charge is 0.295 e. The Morgan fingerprint density at radius 3 is 2.90 bits per heavy atom. The first-order valence-electron chi connectivity index (χ1n) is 7.46. The van der Waals surface area contributed by atoms with E-state index in [0.717, 1.165) is 23.0 Å². The number of hydrogen-bond acceptors (Lipinski definition) is 4. The van der Waals surface area contributed by atoms with Crippen molar-refractivity contribution in [1.29, 1.82) is 0 Å². The molecule has 1 aromatic heterocycles. The number of fused-ring (bicyclic) bond motifs is 3. The summed E-state index contributed by atoms with van der Waals surface area (Å²) in [6.45, 7) is 0.588. The van der Waals surface area contributed by atoms with E-state index < -0.39 is 0 Å². The molecule has 110 valence electrons. The van der Waals surface area contributed by atoms with Crippen molar-refractivity contribution in [2.75, 3.05) is 17.7 Å². The monoisotopic (exact) mass is 285 g/mol. The molecule has 2 aromatic rings. The van der Waals surface area contributed by atoms with Crippen LogP contribution in [0.25, 0.3) is 10.9 Å². The summed E-state index contributed by atoms with van der Waals surface area (Å²) in [6.07, 6.45) is 3.46. The number of anilines is 2. The Bertz CT molecular complexity index is 777. The summed E-state index contributed by atoms with van der Waals surface area (Å²) in [7, 11) is 1.77. The number of nitrogens with zero attached hydrogens (tertiary/aromatic N) is 1. The molecular weight excluding hydrogens is 266 g/mol. The van der Waals surface area contributed by atoms with Crippen LogP contribution in [-0.4, -0.2) is 17.2 Å². The molecule has 0 spiro atoms. The van der Waals surface area contributed by atoms with Gasteiger partial charge in [0.15, 0.2) is 0 Å². The topological polar surface area (TPSA) is 69.3 Å². The molecule has 1 fully saturated rings. The average Bonchev–Trinajstić information content (AvgIpc) is 3.29. The van der Waals surface area contributed by atoms with Crippen LogP contribution in [0, 0.1) is 5.92 Å². The Hall–Kier alpha value is -2.17. The maximum absolute atomic E-state index is 12.5. The SMILES string of the molecule is Cn1c(=O)c2c(c3cc(N)ccc31)N[C@@H](C1CC1)CCO2. The van der Waals surface area contributed by atoms with Crippen molar-refractivity contribution in [1.82, 2.24) is 4.57 Å². The summed E-state index contributed by atoms with van der Waals surface area (Å²) < 4.78 is 7.41. The highest BCUT2D eigenvalue weighted by Gasteiger charge is 2.34. The van der Waals surface area contributed by atoms with Gasteiger partial charge in [-0.05, 0) is 37.0 Å². The van der Waals surface area contributed by atoms with E-state index in [1.165, 1.54) is 12.8 Å². The second-order valence-electron chi connectivity index (χ2n) is 6.07. The molecule has 1 saturated carbocycles. The summed E-state index contributed by atoms with van der Waals surface area (Å²) in [5.74, 6) is 1.14. The van der Waals surface area contributed by atoms with Crippen LogP contribution >= 0.6 is 0 Å². The Balaban J connectivity index is 1.98. The zero-order valence-corrected chi connectivity index (χ0v) is 12.1. The highest BCUT2D eigenvalue weighted by Crippen LogP contribution is 2.40. The van der Waals surface area contributed by atoms with E-state index in [1.807, 2.05) is 18.2 Å². The minimum atomic E-state index is -0.0915. The Kier molecular flexibility index (Phi) is 2.64. The molecule has 0 saturated heterocycles. The quantitative estimate of drug-likeness (QED) is 0.787. The van der Waals surface area contributed by atoms with E-state index in [9.17, 15) is 4.79 Å². The summed E-state index contributed by atoms with van der Waals surface area (Å²) in [5, 5.41) is 4.52. The van der Waals surface area contributed by atoms with Gasteiger partial charge in [-0.25, -0.2) is 0 Å². The number of rotatable bonds is 1. The van der Waals surface area contributed by atoms with Gasteiger partial charge in [-0.2, -0.15) is 0 Å². The molecule has 21 heavy (non-hydrogen) atoms. The molecule has 5 nitrogen and oxygen atoms in total. The average molecular weight is 285 g/mol. The van der Waals surface area contributed by atoms with E-state index in [2.05, 4.69) is 5.32 Å². The molecule has 1 aliphatic heterocycles. The zero-order valence-electron chi connectivity index (χ0n) is 12.1. The number of pyridine rings is 1. The van der Waals surface area contributed by atoms with Gasteiger partial charge in [0, 0.05) is 30.6 Å². The standard InChI is InChI=1S/C16H19N3O2/c1-19-13-5-4-10(17)8-11(13)14-15(16(19)20)21-7-6-12(18-14)9-2-3-9/h4-5,8-9,12,18H,2-3,6-7,17H2,1H3/t12-/m1/s1. The van der Waals surface area contributed by atoms with Gasteiger partial charge in [0.1, 0.15) is 0 Å². The molecule has 0 amide bonds. The van der Waals surface area contributed by atoms with Gasteiger partial charge in [-0.1, -0.05) is 0 Å². The van der Waals surface area contributed by atoms with Gasteiger partial charge < -0.3 is 20.4 Å². The predicted molar refractivity (Wildman–Crippen MR) is 83.8 cm³/mol. The van der Waals surface area contributed by atoms with Gasteiger partial charge in [0.2, 0.25) is 5.75 Å². The lowest BCUT2D eigenvalue weighted by Crippen LogP contribution is -2.23. The molecule has 2 aliphatic rings. The Morgan fingerprint density at radius 1 is 1.33 bits per heavy atom. The van der Waals surface area contributed by atoms with Crippen molar-refractivity contribution in [3.63, 3.8) is 0 Å². The normalized spacial score (nSPS) is 21.3. The van der Waals surface area contributed by atoms with Crippen LogP contribution < -0.4 is 21.3 Å². The number of ether oxygens (including phenoxy) is 1. The van der Waals surface area contributed by atoms with Crippen LogP contribution in [0.3, 0.4) is 0 Å². The summed E-state index contributed by atoms with van der Waals surface area (Å²) in [4.78, 5) is 12.5. The number of nitrogens with two attached hydrogens (primary N) is 1. The molecule has 4 rings (SSSR count). The van der Waals surface area contributed by atoms with Crippen LogP contribution in [0.1, 0.15) is 19.3 Å². The highest BCUT2D eigenvalue weighted by atomic mass is 16.5. The maximum Gasteiger partial charge on any atom is 0.295 e. The second kappa shape index (κ2) is 4.41. The molecule has 0 radical (unpaired) electrons. The van der Waals surface area contributed by atoms with E-state index in [-0.39, 0.29) is 5.56 Å². The van der Waals surface area contributed by atoms with Crippen LogP contribution in [0.2, 0.25) is 0 Å². The van der Waals surface area contributed by atoms with Crippen molar-refractivity contribution in [3.05, 3.63) is 28.6 Å². The van der Waals surface area contributed by atoms with Crippen molar-refractivity contribution < 1.29 is 4.74 Å².